The lowest BCUT2D eigenvalue weighted by Gasteiger charge is -2.12. The van der Waals surface area contributed by atoms with Crippen molar-refractivity contribution in [2.75, 3.05) is 38.0 Å². The van der Waals surface area contributed by atoms with E-state index in [4.69, 9.17) is 9.47 Å². The second-order valence-electron chi connectivity index (χ2n) is 4.81. The largest absolute Gasteiger partial charge is 0.497 e. The van der Waals surface area contributed by atoms with Crippen LogP contribution in [-0.4, -0.2) is 38.7 Å². The van der Waals surface area contributed by atoms with Gasteiger partial charge < -0.3 is 19.7 Å². The van der Waals surface area contributed by atoms with E-state index in [-0.39, 0.29) is 12.5 Å². The van der Waals surface area contributed by atoms with Crippen molar-refractivity contribution in [2.45, 2.75) is 0 Å². The molecule has 0 unspecified atom stereocenters. The minimum Gasteiger partial charge on any atom is -0.497 e. The van der Waals surface area contributed by atoms with Crippen LogP contribution in [0.25, 0.3) is 0 Å². The van der Waals surface area contributed by atoms with Crippen molar-refractivity contribution in [3.63, 3.8) is 0 Å². The lowest BCUT2D eigenvalue weighted by Crippen LogP contribution is -2.20. The number of rotatable bonds is 6. The number of amides is 1. The lowest BCUT2D eigenvalue weighted by molar-refractivity contribution is -0.118. The standard InChI is InChI=1S/C16H19N3O3/c1-19(2)15-9-4-12(10-17-15)18-16(20)11-22-14-7-5-13(21-3)6-8-14/h4-10H,11H2,1-3H3,(H,18,20). The minimum atomic E-state index is -0.241. The molecule has 116 valence electrons. The molecule has 0 aliphatic heterocycles. The van der Waals surface area contributed by atoms with Gasteiger partial charge in [-0.2, -0.15) is 0 Å². The van der Waals surface area contributed by atoms with Crippen molar-refractivity contribution >= 4 is 17.4 Å². The molecular formula is C16H19N3O3. The molecule has 1 amide bonds. The van der Waals surface area contributed by atoms with Crippen LogP contribution in [-0.2, 0) is 4.79 Å². The van der Waals surface area contributed by atoms with Crippen LogP contribution in [0.1, 0.15) is 0 Å². The van der Waals surface area contributed by atoms with E-state index in [9.17, 15) is 4.79 Å². The van der Waals surface area contributed by atoms with Gasteiger partial charge in [0.15, 0.2) is 6.61 Å². The molecular weight excluding hydrogens is 282 g/mol. The van der Waals surface area contributed by atoms with Crippen LogP contribution in [0.5, 0.6) is 11.5 Å². The number of carbonyl (C=O) groups is 1. The molecule has 2 aromatic rings. The van der Waals surface area contributed by atoms with E-state index in [2.05, 4.69) is 10.3 Å². The Morgan fingerprint density at radius 3 is 2.36 bits per heavy atom. The fraction of sp³-hybridized carbons (Fsp3) is 0.250. The Balaban J connectivity index is 1.84. The van der Waals surface area contributed by atoms with Crippen molar-refractivity contribution in [2.24, 2.45) is 0 Å². The first-order valence-electron chi connectivity index (χ1n) is 6.78. The third kappa shape index (κ3) is 4.37. The number of hydrogen-bond donors (Lipinski definition) is 1. The number of pyridine rings is 1. The van der Waals surface area contributed by atoms with E-state index >= 15 is 0 Å². The highest BCUT2D eigenvalue weighted by Gasteiger charge is 2.05. The molecule has 1 heterocycles. The SMILES string of the molecule is COc1ccc(OCC(=O)Nc2ccc(N(C)C)nc2)cc1. The Hall–Kier alpha value is -2.76. The fourth-order valence-corrected chi connectivity index (χ4v) is 1.74. The minimum absolute atomic E-state index is 0.0677. The van der Waals surface area contributed by atoms with E-state index in [1.165, 1.54) is 0 Å². The molecule has 0 bridgehead atoms. The van der Waals surface area contributed by atoms with Crippen LogP contribution in [0.4, 0.5) is 11.5 Å². The molecule has 6 heteroatoms. The highest BCUT2D eigenvalue weighted by molar-refractivity contribution is 5.91. The van der Waals surface area contributed by atoms with Gasteiger partial charge in [0, 0.05) is 14.1 Å². The molecule has 0 saturated carbocycles. The maximum absolute atomic E-state index is 11.8. The second-order valence-corrected chi connectivity index (χ2v) is 4.81. The first-order chi connectivity index (χ1) is 10.6. The maximum Gasteiger partial charge on any atom is 0.262 e. The summed E-state index contributed by atoms with van der Waals surface area (Å²) >= 11 is 0. The summed E-state index contributed by atoms with van der Waals surface area (Å²) in [5.41, 5.74) is 0.633. The van der Waals surface area contributed by atoms with Gasteiger partial charge in [0.1, 0.15) is 17.3 Å². The summed E-state index contributed by atoms with van der Waals surface area (Å²) in [6.07, 6.45) is 1.61. The smallest absolute Gasteiger partial charge is 0.262 e. The quantitative estimate of drug-likeness (QED) is 0.886. The Bertz CT molecular complexity index is 610. The zero-order valence-corrected chi connectivity index (χ0v) is 12.9. The zero-order chi connectivity index (χ0) is 15.9. The molecule has 0 radical (unpaired) electrons. The van der Waals surface area contributed by atoms with Crippen LogP contribution in [0, 0.1) is 0 Å². The summed E-state index contributed by atoms with van der Waals surface area (Å²) in [7, 11) is 5.41. The van der Waals surface area contributed by atoms with Gasteiger partial charge in [-0.05, 0) is 36.4 Å². The number of anilines is 2. The van der Waals surface area contributed by atoms with Gasteiger partial charge in [0.25, 0.3) is 5.91 Å². The van der Waals surface area contributed by atoms with Crippen molar-refractivity contribution in [3.05, 3.63) is 42.6 Å². The molecule has 2 rings (SSSR count). The second kappa shape index (κ2) is 7.31. The van der Waals surface area contributed by atoms with Gasteiger partial charge in [-0.25, -0.2) is 4.98 Å². The van der Waals surface area contributed by atoms with E-state index < -0.39 is 0 Å². The lowest BCUT2D eigenvalue weighted by atomic mass is 10.3. The van der Waals surface area contributed by atoms with Gasteiger partial charge in [-0.15, -0.1) is 0 Å². The number of nitrogens with zero attached hydrogens (tertiary/aromatic N) is 2. The molecule has 1 aromatic heterocycles. The number of benzene rings is 1. The number of aromatic nitrogens is 1. The third-order valence-corrected chi connectivity index (χ3v) is 2.92. The predicted molar refractivity (Wildman–Crippen MR) is 85.7 cm³/mol. The zero-order valence-electron chi connectivity index (χ0n) is 12.9. The summed E-state index contributed by atoms with van der Waals surface area (Å²) < 4.78 is 10.5. The van der Waals surface area contributed by atoms with Gasteiger partial charge in [0.05, 0.1) is 19.0 Å². The molecule has 1 N–H and O–H groups in total. The summed E-state index contributed by atoms with van der Waals surface area (Å²) in [6, 6.07) is 10.7. The molecule has 0 saturated heterocycles. The number of nitrogens with one attached hydrogen (secondary N) is 1. The molecule has 0 atom stereocenters. The molecule has 0 spiro atoms. The predicted octanol–water partition coefficient (Wildman–Crippen LogP) is 2.17. The van der Waals surface area contributed by atoms with Crippen molar-refractivity contribution in [1.82, 2.24) is 4.98 Å². The van der Waals surface area contributed by atoms with Gasteiger partial charge in [-0.1, -0.05) is 0 Å². The Labute approximate surface area is 129 Å². The van der Waals surface area contributed by atoms with E-state index in [1.54, 1.807) is 43.6 Å². The first kappa shape index (κ1) is 15.6. The van der Waals surface area contributed by atoms with Gasteiger partial charge in [-0.3, -0.25) is 4.79 Å². The number of ether oxygens (including phenoxy) is 2. The fourth-order valence-electron chi connectivity index (χ4n) is 1.74. The van der Waals surface area contributed by atoms with Crippen LogP contribution >= 0.6 is 0 Å². The Kier molecular flexibility index (Phi) is 5.19. The van der Waals surface area contributed by atoms with Crippen molar-refractivity contribution in [1.29, 1.82) is 0 Å². The summed E-state index contributed by atoms with van der Waals surface area (Å²) in [5, 5.41) is 2.73. The Morgan fingerprint density at radius 1 is 1.14 bits per heavy atom. The van der Waals surface area contributed by atoms with Crippen molar-refractivity contribution in [3.8, 4) is 11.5 Å². The number of hydrogen-bond acceptors (Lipinski definition) is 5. The summed E-state index contributed by atoms with van der Waals surface area (Å²) in [4.78, 5) is 17.9. The van der Waals surface area contributed by atoms with Crippen molar-refractivity contribution < 1.29 is 14.3 Å². The molecule has 22 heavy (non-hydrogen) atoms. The van der Waals surface area contributed by atoms with Crippen LogP contribution < -0.4 is 19.7 Å². The van der Waals surface area contributed by atoms with E-state index in [1.807, 2.05) is 25.1 Å². The molecule has 0 aliphatic carbocycles. The maximum atomic E-state index is 11.8. The average Bonchev–Trinajstić information content (AvgIpc) is 2.54. The van der Waals surface area contributed by atoms with Gasteiger partial charge in [0.2, 0.25) is 0 Å². The van der Waals surface area contributed by atoms with Crippen LogP contribution in [0.15, 0.2) is 42.6 Å². The van der Waals surface area contributed by atoms with Crippen LogP contribution in [0.3, 0.4) is 0 Å². The highest BCUT2D eigenvalue weighted by Crippen LogP contribution is 2.17. The average molecular weight is 301 g/mol. The summed E-state index contributed by atoms with van der Waals surface area (Å²) in [6.45, 7) is -0.0677. The number of carbonyl (C=O) groups excluding carboxylic acids is 1. The normalized spacial score (nSPS) is 9.95. The topological polar surface area (TPSA) is 63.7 Å². The Morgan fingerprint density at radius 2 is 1.82 bits per heavy atom. The monoisotopic (exact) mass is 301 g/mol. The van der Waals surface area contributed by atoms with E-state index in [0.717, 1.165) is 11.6 Å². The van der Waals surface area contributed by atoms with Crippen LogP contribution in [0.2, 0.25) is 0 Å². The molecule has 6 nitrogen and oxygen atoms in total. The molecule has 1 aromatic carbocycles. The summed E-state index contributed by atoms with van der Waals surface area (Å²) in [5.74, 6) is 1.93. The third-order valence-electron chi connectivity index (χ3n) is 2.92. The number of methoxy groups -OCH3 is 1. The van der Waals surface area contributed by atoms with E-state index in [0.29, 0.717) is 11.4 Å². The highest BCUT2D eigenvalue weighted by atomic mass is 16.5. The molecule has 0 fully saturated rings. The van der Waals surface area contributed by atoms with Gasteiger partial charge >= 0.3 is 0 Å². The first-order valence-corrected chi connectivity index (χ1v) is 6.78. The molecule has 0 aliphatic rings.